The van der Waals surface area contributed by atoms with Crippen molar-refractivity contribution in [1.29, 1.82) is 0 Å². The molecular weight excluding hydrogens is 270 g/mol. The number of hydrogen-bond donors (Lipinski definition) is 1. The molecule has 0 bridgehead atoms. The summed E-state index contributed by atoms with van der Waals surface area (Å²) < 4.78 is 17.6. The molecule has 1 atom stereocenters. The number of nitrogens with one attached hydrogen (secondary N) is 1. The first kappa shape index (κ1) is 17.8. The molecule has 0 spiro atoms. The first-order valence-corrected chi connectivity index (χ1v) is 9.77. The zero-order valence-electron chi connectivity index (χ0n) is 13.8. The maximum Gasteiger partial charge on any atom is 0.500 e. The third-order valence-electron chi connectivity index (χ3n) is 3.49. The number of hydrogen-bond acceptors (Lipinski definition) is 4. The lowest BCUT2D eigenvalue weighted by atomic mass is 9.81. The zero-order valence-corrected chi connectivity index (χ0v) is 14.8. The van der Waals surface area contributed by atoms with Crippen LogP contribution in [0.15, 0.2) is 11.6 Å². The molecular formula is C15H31NO3Si. The second kappa shape index (κ2) is 8.29. The summed E-state index contributed by atoms with van der Waals surface area (Å²) in [7, 11) is -2.45. The highest BCUT2D eigenvalue weighted by atomic mass is 28.4. The van der Waals surface area contributed by atoms with Gasteiger partial charge in [-0.1, -0.05) is 11.6 Å². The summed E-state index contributed by atoms with van der Waals surface area (Å²) >= 11 is 0. The second-order valence-electron chi connectivity index (χ2n) is 5.60. The first-order chi connectivity index (χ1) is 9.49. The van der Waals surface area contributed by atoms with Crippen LogP contribution in [-0.2, 0) is 13.3 Å². The van der Waals surface area contributed by atoms with Crippen LogP contribution in [0, 0.1) is 0 Å². The SMILES string of the molecule is CCO[Si](CCCNC1(C)C=C(C)C1)(OCC)OCC. The van der Waals surface area contributed by atoms with Gasteiger partial charge in [-0.05, 0) is 54.0 Å². The van der Waals surface area contributed by atoms with Crippen LogP contribution >= 0.6 is 0 Å². The topological polar surface area (TPSA) is 39.7 Å². The third-order valence-corrected chi connectivity index (χ3v) is 6.64. The van der Waals surface area contributed by atoms with Gasteiger partial charge in [-0.15, -0.1) is 0 Å². The smallest absolute Gasteiger partial charge is 0.374 e. The van der Waals surface area contributed by atoms with Crippen molar-refractivity contribution in [2.75, 3.05) is 26.4 Å². The van der Waals surface area contributed by atoms with Gasteiger partial charge in [0, 0.05) is 31.4 Å². The lowest BCUT2D eigenvalue weighted by Gasteiger charge is -2.37. The van der Waals surface area contributed by atoms with Gasteiger partial charge in [0.2, 0.25) is 0 Å². The van der Waals surface area contributed by atoms with Gasteiger partial charge in [-0.2, -0.15) is 0 Å². The van der Waals surface area contributed by atoms with Crippen LogP contribution in [0.25, 0.3) is 0 Å². The van der Waals surface area contributed by atoms with E-state index in [0.29, 0.717) is 19.8 Å². The fraction of sp³-hybridized carbons (Fsp3) is 0.867. The van der Waals surface area contributed by atoms with Crippen molar-refractivity contribution in [2.24, 2.45) is 0 Å². The lowest BCUT2D eigenvalue weighted by Crippen LogP contribution is -2.48. The fourth-order valence-electron chi connectivity index (χ4n) is 2.89. The van der Waals surface area contributed by atoms with E-state index in [1.54, 1.807) is 0 Å². The van der Waals surface area contributed by atoms with E-state index < -0.39 is 8.80 Å². The maximum atomic E-state index is 5.85. The highest BCUT2D eigenvalue weighted by molar-refractivity contribution is 6.60. The molecule has 1 rings (SSSR count). The summed E-state index contributed by atoms with van der Waals surface area (Å²) in [5, 5.41) is 3.60. The first-order valence-electron chi connectivity index (χ1n) is 7.84. The van der Waals surface area contributed by atoms with Crippen molar-refractivity contribution in [3.8, 4) is 0 Å². The predicted octanol–water partition coefficient (Wildman–Crippen LogP) is 3.12. The van der Waals surface area contributed by atoms with Crippen LogP contribution in [0.2, 0.25) is 6.04 Å². The van der Waals surface area contributed by atoms with Gasteiger partial charge in [-0.25, -0.2) is 0 Å². The largest absolute Gasteiger partial charge is 0.500 e. The Morgan fingerprint density at radius 2 is 1.65 bits per heavy atom. The minimum atomic E-state index is -2.45. The Labute approximate surface area is 125 Å². The van der Waals surface area contributed by atoms with Crippen LogP contribution in [0.5, 0.6) is 0 Å². The molecule has 0 heterocycles. The molecule has 20 heavy (non-hydrogen) atoms. The Morgan fingerprint density at radius 3 is 2.05 bits per heavy atom. The molecule has 5 heteroatoms. The van der Waals surface area contributed by atoms with Crippen molar-refractivity contribution < 1.29 is 13.3 Å². The molecule has 0 aromatic heterocycles. The molecule has 0 aromatic rings. The zero-order chi connectivity index (χ0) is 15.1. The van der Waals surface area contributed by atoms with Crippen molar-refractivity contribution in [1.82, 2.24) is 5.32 Å². The molecule has 118 valence electrons. The van der Waals surface area contributed by atoms with Crippen molar-refractivity contribution in [3.63, 3.8) is 0 Å². The Balaban J connectivity index is 2.37. The van der Waals surface area contributed by atoms with Gasteiger partial charge in [0.25, 0.3) is 0 Å². The van der Waals surface area contributed by atoms with Crippen LogP contribution in [0.1, 0.15) is 47.5 Å². The minimum Gasteiger partial charge on any atom is -0.374 e. The standard InChI is InChI=1S/C15H31NO3Si/c1-6-17-20(18-7-2,19-8-3)11-9-10-16-15(5)12-14(4)13-15/h12,16H,6-11,13H2,1-5H3. The van der Waals surface area contributed by atoms with E-state index in [4.69, 9.17) is 13.3 Å². The molecule has 0 aliphatic heterocycles. The fourth-order valence-corrected chi connectivity index (χ4v) is 5.50. The van der Waals surface area contributed by atoms with Crippen molar-refractivity contribution in [3.05, 3.63) is 11.6 Å². The molecule has 4 nitrogen and oxygen atoms in total. The number of rotatable bonds is 11. The molecule has 0 aromatic carbocycles. The summed E-state index contributed by atoms with van der Waals surface area (Å²) in [6.07, 6.45) is 4.48. The molecule has 1 N–H and O–H groups in total. The lowest BCUT2D eigenvalue weighted by molar-refractivity contribution is 0.0707. The maximum absolute atomic E-state index is 5.85. The molecule has 0 radical (unpaired) electrons. The molecule has 1 aliphatic rings. The van der Waals surface area contributed by atoms with Gasteiger partial charge >= 0.3 is 8.80 Å². The van der Waals surface area contributed by atoms with Gasteiger partial charge < -0.3 is 18.6 Å². The van der Waals surface area contributed by atoms with E-state index in [2.05, 4.69) is 25.2 Å². The van der Waals surface area contributed by atoms with E-state index in [1.165, 1.54) is 5.57 Å². The summed E-state index contributed by atoms with van der Waals surface area (Å²) in [5.74, 6) is 0. The normalized spacial score (nSPS) is 22.6. The Bertz CT molecular complexity index is 305. The van der Waals surface area contributed by atoms with Crippen molar-refractivity contribution >= 4 is 8.80 Å². The molecule has 1 aliphatic carbocycles. The van der Waals surface area contributed by atoms with Gasteiger partial charge in [-0.3, -0.25) is 0 Å². The molecule has 0 amide bonds. The minimum absolute atomic E-state index is 0.192. The van der Waals surface area contributed by atoms with E-state index in [0.717, 1.165) is 25.4 Å². The molecule has 1 unspecified atom stereocenters. The van der Waals surface area contributed by atoms with Crippen LogP contribution in [0.4, 0.5) is 0 Å². The summed E-state index contributed by atoms with van der Waals surface area (Å²) in [5.41, 5.74) is 1.67. The second-order valence-corrected chi connectivity index (χ2v) is 8.33. The summed E-state index contributed by atoms with van der Waals surface area (Å²) in [6.45, 7) is 13.4. The molecule has 0 saturated heterocycles. The Hall–Kier alpha value is -0.203. The van der Waals surface area contributed by atoms with Gasteiger partial charge in [0.05, 0.1) is 0 Å². The average Bonchev–Trinajstić information content (AvgIpc) is 2.34. The highest BCUT2D eigenvalue weighted by Crippen LogP contribution is 2.29. The van der Waals surface area contributed by atoms with Crippen LogP contribution in [0.3, 0.4) is 0 Å². The Kier molecular flexibility index (Phi) is 7.40. The summed E-state index contributed by atoms with van der Waals surface area (Å²) in [4.78, 5) is 0. The van der Waals surface area contributed by atoms with Crippen LogP contribution in [-0.4, -0.2) is 40.7 Å². The predicted molar refractivity (Wildman–Crippen MR) is 84.8 cm³/mol. The van der Waals surface area contributed by atoms with Gasteiger partial charge in [0.1, 0.15) is 0 Å². The van der Waals surface area contributed by atoms with E-state index in [-0.39, 0.29) is 5.54 Å². The molecule has 0 saturated carbocycles. The third kappa shape index (κ3) is 5.29. The van der Waals surface area contributed by atoms with E-state index >= 15 is 0 Å². The average molecular weight is 302 g/mol. The van der Waals surface area contributed by atoms with Crippen molar-refractivity contribution in [2.45, 2.75) is 59.0 Å². The molecule has 0 fully saturated rings. The highest BCUT2D eigenvalue weighted by Gasteiger charge is 2.39. The van der Waals surface area contributed by atoms with E-state index in [9.17, 15) is 0 Å². The quantitative estimate of drug-likeness (QED) is 0.361. The monoisotopic (exact) mass is 301 g/mol. The summed E-state index contributed by atoms with van der Waals surface area (Å²) in [6, 6.07) is 0.883. The van der Waals surface area contributed by atoms with Gasteiger partial charge in [0.15, 0.2) is 0 Å². The van der Waals surface area contributed by atoms with Crippen LogP contribution < -0.4 is 5.32 Å². The Morgan fingerprint density at radius 1 is 1.15 bits per heavy atom. The van der Waals surface area contributed by atoms with E-state index in [1.807, 2.05) is 20.8 Å².